The third-order valence-corrected chi connectivity index (χ3v) is 9.95. The summed E-state index contributed by atoms with van der Waals surface area (Å²) in [5, 5.41) is 4.46. The second-order valence-electron chi connectivity index (χ2n) is 13.2. The van der Waals surface area contributed by atoms with Gasteiger partial charge in [-0.2, -0.15) is 0 Å². The Labute approximate surface area is 306 Å². The molecule has 0 saturated heterocycles. The third kappa shape index (κ3) is 5.63. The number of fused-ring (bicyclic) bond motifs is 4. The van der Waals surface area contributed by atoms with E-state index >= 15 is 0 Å². The monoisotopic (exact) mass is 677 g/mol. The van der Waals surface area contributed by atoms with Crippen LogP contribution in [0.1, 0.15) is 0 Å². The zero-order valence-electron chi connectivity index (χ0n) is 28.6. The van der Waals surface area contributed by atoms with Crippen LogP contribution in [0.5, 0.6) is 0 Å². The fraction of sp³-hybridized carbons (Fsp3) is 0. The minimum absolute atomic E-state index is 0.596. The van der Waals surface area contributed by atoms with Gasteiger partial charge in [-0.05, 0) is 68.9 Å². The van der Waals surface area contributed by atoms with Crippen molar-refractivity contribution in [1.82, 2.24) is 15.0 Å². The zero-order valence-corrected chi connectivity index (χ0v) is 28.6. The minimum atomic E-state index is 0.596. The van der Waals surface area contributed by atoms with Gasteiger partial charge in [0.1, 0.15) is 11.2 Å². The molecule has 53 heavy (non-hydrogen) atoms. The summed E-state index contributed by atoms with van der Waals surface area (Å²) in [4.78, 5) is 15.7. The second kappa shape index (κ2) is 12.9. The molecule has 0 spiro atoms. The summed E-state index contributed by atoms with van der Waals surface area (Å²) >= 11 is 0. The van der Waals surface area contributed by atoms with E-state index in [0.29, 0.717) is 17.5 Å². The van der Waals surface area contributed by atoms with Gasteiger partial charge in [0.05, 0.1) is 0 Å². The fourth-order valence-electron chi connectivity index (χ4n) is 7.31. The average molecular weight is 678 g/mol. The van der Waals surface area contributed by atoms with Crippen LogP contribution in [-0.2, 0) is 0 Å². The van der Waals surface area contributed by atoms with Crippen LogP contribution >= 0.6 is 0 Å². The van der Waals surface area contributed by atoms with Crippen LogP contribution in [0.4, 0.5) is 0 Å². The topological polar surface area (TPSA) is 51.8 Å². The van der Waals surface area contributed by atoms with Gasteiger partial charge in [0, 0.05) is 33.0 Å². The molecule has 248 valence electrons. The molecule has 0 N–H and O–H groups in total. The van der Waals surface area contributed by atoms with Crippen LogP contribution < -0.4 is 0 Å². The molecule has 0 radical (unpaired) electrons. The lowest BCUT2D eigenvalue weighted by atomic mass is 9.89. The van der Waals surface area contributed by atoms with Crippen LogP contribution in [-0.4, -0.2) is 15.0 Å². The third-order valence-electron chi connectivity index (χ3n) is 9.95. The Morgan fingerprint density at radius 2 is 0.868 bits per heavy atom. The highest BCUT2D eigenvalue weighted by Gasteiger charge is 2.20. The molecule has 2 heterocycles. The molecule has 0 unspecified atom stereocenters. The van der Waals surface area contributed by atoms with Gasteiger partial charge < -0.3 is 4.42 Å². The van der Waals surface area contributed by atoms with Crippen LogP contribution in [0, 0.1) is 0 Å². The van der Waals surface area contributed by atoms with E-state index < -0.39 is 0 Å². The van der Waals surface area contributed by atoms with Gasteiger partial charge in [-0.1, -0.05) is 158 Å². The standard InChI is InChI=1S/C49H31N3O/c1-3-12-32(13-4-1)34-22-25-36(26-23-34)47-50-48(39-28-29-45-43(31-39)41-18-9-10-21-44(41)53-45)52-49(51-47)42-20-11-19-40(35-15-5-2-6-16-35)46(42)38-27-24-33-14-7-8-17-37(33)30-38/h1-31H. The van der Waals surface area contributed by atoms with Crippen molar-refractivity contribution in [3.05, 3.63) is 188 Å². The smallest absolute Gasteiger partial charge is 0.164 e. The molecular weight excluding hydrogens is 647 g/mol. The number of nitrogens with zero attached hydrogens (tertiary/aromatic N) is 3. The molecule has 10 rings (SSSR count). The highest BCUT2D eigenvalue weighted by molar-refractivity contribution is 6.06. The first-order valence-electron chi connectivity index (χ1n) is 17.8. The molecule has 0 atom stereocenters. The van der Waals surface area contributed by atoms with Crippen molar-refractivity contribution in [3.63, 3.8) is 0 Å². The van der Waals surface area contributed by atoms with Crippen molar-refractivity contribution in [1.29, 1.82) is 0 Å². The van der Waals surface area contributed by atoms with E-state index in [1.54, 1.807) is 0 Å². The van der Waals surface area contributed by atoms with Crippen molar-refractivity contribution in [2.45, 2.75) is 0 Å². The molecule has 0 bridgehead atoms. The van der Waals surface area contributed by atoms with Crippen molar-refractivity contribution in [2.24, 2.45) is 0 Å². The quantitative estimate of drug-likeness (QED) is 0.176. The summed E-state index contributed by atoms with van der Waals surface area (Å²) in [7, 11) is 0. The molecule has 8 aromatic carbocycles. The van der Waals surface area contributed by atoms with Gasteiger partial charge in [0.2, 0.25) is 0 Å². The maximum atomic E-state index is 6.17. The maximum absolute atomic E-state index is 6.17. The number of benzene rings is 8. The van der Waals surface area contributed by atoms with Crippen molar-refractivity contribution >= 4 is 32.7 Å². The van der Waals surface area contributed by atoms with Gasteiger partial charge >= 0.3 is 0 Å². The number of rotatable bonds is 6. The molecule has 0 aliphatic rings. The summed E-state index contributed by atoms with van der Waals surface area (Å²) in [6.07, 6.45) is 0. The Morgan fingerprint density at radius 1 is 0.302 bits per heavy atom. The summed E-state index contributed by atoms with van der Waals surface area (Å²) < 4.78 is 6.17. The molecule has 0 saturated carbocycles. The molecule has 10 aromatic rings. The first-order valence-corrected chi connectivity index (χ1v) is 17.8. The number of para-hydroxylation sites is 1. The van der Waals surface area contributed by atoms with Gasteiger partial charge in [-0.15, -0.1) is 0 Å². The highest BCUT2D eigenvalue weighted by Crippen LogP contribution is 2.41. The van der Waals surface area contributed by atoms with Gasteiger partial charge in [-0.3, -0.25) is 0 Å². The van der Waals surface area contributed by atoms with E-state index in [9.17, 15) is 0 Å². The van der Waals surface area contributed by atoms with E-state index in [0.717, 1.165) is 72.0 Å². The van der Waals surface area contributed by atoms with Gasteiger partial charge in [-0.25, -0.2) is 15.0 Å². The molecule has 0 aliphatic carbocycles. The van der Waals surface area contributed by atoms with E-state index in [1.165, 1.54) is 10.8 Å². The molecular formula is C49H31N3O. The molecule has 2 aromatic heterocycles. The molecule has 0 fully saturated rings. The Kier molecular flexibility index (Phi) is 7.43. The molecule has 4 nitrogen and oxygen atoms in total. The number of hydrogen-bond donors (Lipinski definition) is 0. The Balaban J connectivity index is 1.21. The number of aromatic nitrogens is 3. The Hall–Kier alpha value is -7.17. The Morgan fingerprint density at radius 3 is 1.68 bits per heavy atom. The zero-order chi connectivity index (χ0) is 35.1. The summed E-state index contributed by atoms with van der Waals surface area (Å²) in [6, 6.07) is 65.3. The average Bonchev–Trinajstić information content (AvgIpc) is 3.62. The van der Waals surface area contributed by atoms with Crippen LogP contribution in [0.15, 0.2) is 192 Å². The van der Waals surface area contributed by atoms with Crippen LogP contribution in [0.3, 0.4) is 0 Å². The van der Waals surface area contributed by atoms with Gasteiger partial charge in [0.15, 0.2) is 17.5 Å². The number of hydrogen-bond acceptors (Lipinski definition) is 4. The van der Waals surface area contributed by atoms with Crippen LogP contribution in [0.2, 0.25) is 0 Å². The normalized spacial score (nSPS) is 11.4. The second-order valence-corrected chi connectivity index (χ2v) is 13.2. The highest BCUT2D eigenvalue weighted by atomic mass is 16.3. The predicted molar refractivity (Wildman–Crippen MR) is 217 cm³/mol. The SMILES string of the molecule is c1ccc(-c2ccc(-c3nc(-c4ccc5oc6ccccc6c5c4)nc(-c4cccc(-c5ccccc5)c4-c4ccc5ccccc5c4)n3)cc2)cc1. The lowest BCUT2D eigenvalue weighted by Crippen LogP contribution is -2.02. The van der Waals surface area contributed by atoms with E-state index in [4.69, 9.17) is 19.4 Å². The van der Waals surface area contributed by atoms with Crippen molar-refractivity contribution in [3.8, 4) is 67.5 Å². The van der Waals surface area contributed by atoms with E-state index in [-0.39, 0.29) is 0 Å². The predicted octanol–water partition coefficient (Wildman–Crippen LogP) is 12.9. The first kappa shape index (κ1) is 30.6. The lowest BCUT2D eigenvalue weighted by molar-refractivity contribution is 0.669. The van der Waals surface area contributed by atoms with Crippen molar-refractivity contribution < 1.29 is 4.42 Å². The van der Waals surface area contributed by atoms with Crippen LogP contribution in [0.25, 0.3) is 100 Å². The molecule has 4 heteroatoms. The summed E-state index contributed by atoms with van der Waals surface area (Å²) in [5.41, 5.74) is 11.1. The first-order chi connectivity index (χ1) is 26.2. The molecule has 0 aliphatic heterocycles. The Bertz CT molecular complexity index is 2930. The van der Waals surface area contributed by atoms with E-state index in [2.05, 4.69) is 152 Å². The lowest BCUT2D eigenvalue weighted by Gasteiger charge is -2.17. The summed E-state index contributed by atoms with van der Waals surface area (Å²) in [6.45, 7) is 0. The fourth-order valence-corrected chi connectivity index (χ4v) is 7.31. The van der Waals surface area contributed by atoms with Gasteiger partial charge in [0.25, 0.3) is 0 Å². The van der Waals surface area contributed by atoms with Crippen molar-refractivity contribution in [2.75, 3.05) is 0 Å². The minimum Gasteiger partial charge on any atom is -0.456 e. The summed E-state index contributed by atoms with van der Waals surface area (Å²) in [5.74, 6) is 1.81. The largest absolute Gasteiger partial charge is 0.456 e. The maximum Gasteiger partial charge on any atom is 0.164 e. The number of furan rings is 1. The van der Waals surface area contributed by atoms with E-state index in [1.807, 2.05) is 36.4 Å². The molecule has 0 amide bonds.